The van der Waals surface area contributed by atoms with Crippen molar-refractivity contribution in [1.82, 2.24) is 20.3 Å². The maximum atomic E-state index is 13.4. The zero-order valence-electron chi connectivity index (χ0n) is 15.7. The second-order valence-electron chi connectivity index (χ2n) is 6.79. The number of nitrogens with one attached hydrogen (secondary N) is 2. The molecule has 152 valence electrons. The van der Waals surface area contributed by atoms with Gasteiger partial charge in [0.2, 0.25) is 0 Å². The minimum Gasteiger partial charge on any atom is -0.321 e. The van der Waals surface area contributed by atoms with Crippen LogP contribution in [0.5, 0.6) is 0 Å². The van der Waals surface area contributed by atoms with Crippen molar-refractivity contribution in [2.45, 2.75) is 26.4 Å². The minimum absolute atomic E-state index is 0. The van der Waals surface area contributed by atoms with E-state index in [1.54, 1.807) is 6.92 Å². The third-order valence-corrected chi connectivity index (χ3v) is 4.86. The normalized spacial score (nSPS) is 12.8. The Morgan fingerprint density at radius 2 is 2.00 bits per heavy atom. The summed E-state index contributed by atoms with van der Waals surface area (Å²) < 4.78 is 27.9. The molecule has 0 bridgehead atoms. The highest BCUT2D eigenvalue weighted by molar-refractivity contribution is 6.03. The van der Waals surface area contributed by atoms with E-state index in [1.807, 2.05) is 18.2 Å². The van der Waals surface area contributed by atoms with Gasteiger partial charge in [-0.15, -0.1) is 17.5 Å². The van der Waals surface area contributed by atoms with Crippen LogP contribution in [0.25, 0.3) is 0 Å². The summed E-state index contributed by atoms with van der Waals surface area (Å²) >= 11 is 0. The van der Waals surface area contributed by atoms with Gasteiger partial charge in [0.1, 0.15) is 0 Å². The summed E-state index contributed by atoms with van der Waals surface area (Å²) in [5.74, 6) is -2.18. The van der Waals surface area contributed by atoms with Crippen molar-refractivity contribution >= 4 is 24.0 Å². The van der Waals surface area contributed by atoms with Crippen LogP contribution in [0.15, 0.2) is 36.4 Å². The summed E-state index contributed by atoms with van der Waals surface area (Å²) in [7, 11) is 0. The lowest BCUT2D eigenvalue weighted by atomic mass is 10.0. The van der Waals surface area contributed by atoms with E-state index in [0.29, 0.717) is 16.9 Å². The van der Waals surface area contributed by atoms with Gasteiger partial charge >= 0.3 is 0 Å². The van der Waals surface area contributed by atoms with Crippen LogP contribution in [0.2, 0.25) is 0 Å². The van der Waals surface area contributed by atoms with Crippen molar-refractivity contribution in [3.8, 4) is 0 Å². The lowest BCUT2D eigenvalue weighted by Gasteiger charge is -2.18. The van der Waals surface area contributed by atoms with Crippen LogP contribution in [-0.4, -0.2) is 27.4 Å². The first kappa shape index (κ1) is 20.9. The summed E-state index contributed by atoms with van der Waals surface area (Å²) in [5, 5.41) is 14.1. The quantitative estimate of drug-likeness (QED) is 0.681. The van der Waals surface area contributed by atoms with E-state index in [4.69, 9.17) is 0 Å². The first-order valence-corrected chi connectivity index (χ1v) is 8.99. The average Bonchev–Trinajstić information content (AvgIpc) is 3.05. The zero-order valence-corrected chi connectivity index (χ0v) is 16.5. The standard InChI is InChI=1S/C20H19F2N5O.ClH/c1-12-19(25-26-27(12)11-13-2-5-17(21)18(22)8-13)20(28)24-16-4-3-15-10-23-7-6-14(15)9-16;/h2-5,8-9,23H,6-7,10-11H2,1H3,(H,24,28);1H. The Kier molecular flexibility index (Phi) is 6.24. The lowest BCUT2D eigenvalue weighted by molar-refractivity contribution is 0.102. The van der Waals surface area contributed by atoms with Gasteiger partial charge in [0.25, 0.3) is 5.91 Å². The number of fused-ring (bicyclic) bond motifs is 1. The van der Waals surface area contributed by atoms with E-state index < -0.39 is 11.6 Å². The Morgan fingerprint density at radius 1 is 1.17 bits per heavy atom. The Morgan fingerprint density at radius 3 is 2.79 bits per heavy atom. The largest absolute Gasteiger partial charge is 0.321 e. The second kappa shape index (κ2) is 8.67. The maximum Gasteiger partial charge on any atom is 0.278 e. The molecule has 0 radical (unpaired) electrons. The fraction of sp³-hybridized carbons (Fsp3) is 0.250. The first-order valence-electron chi connectivity index (χ1n) is 8.99. The molecular weight excluding hydrogens is 400 g/mol. The smallest absolute Gasteiger partial charge is 0.278 e. The van der Waals surface area contributed by atoms with E-state index in [2.05, 4.69) is 20.9 Å². The lowest BCUT2D eigenvalue weighted by Crippen LogP contribution is -2.23. The Bertz CT molecular complexity index is 1050. The molecule has 2 N–H and O–H groups in total. The van der Waals surface area contributed by atoms with Crippen LogP contribution in [0.3, 0.4) is 0 Å². The number of hydrogen-bond acceptors (Lipinski definition) is 4. The molecule has 3 aromatic rings. The van der Waals surface area contributed by atoms with Crippen LogP contribution in [0.1, 0.15) is 32.9 Å². The molecule has 2 aromatic carbocycles. The molecule has 4 rings (SSSR count). The van der Waals surface area contributed by atoms with E-state index in [1.165, 1.54) is 21.9 Å². The highest BCUT2D eigenvalue weighted by Crippen LogP contribution is 2.20. The number of benzene rings is 2. The topological polar surface area (TPSA) is 71.8 Å². The van der Waals surface area contributed by atoms with Gasteiger partial charge in [0, 0.05) is 12.2 Å². The molecule has 9 heteroatoms. The number of nitrogens with zero attached hydrogens (tertiary/aromatic N) is 3. The van der Waals surface area contributed by atoms with E-state index in [9.17, 15) is 13.6 Å². The Labute approximate surface area is 172 Å². The van der Waals surface area contributed by atoms with Crippen molar-refractivity contribution in [2.24, 2.45) is 0 Å². The highest BCUT2D eigenvalue weighted by Gasteiger charge is 2.18. The summed E-state index contributed by atoms with van der Waals surface area (Å²) in [4.78, 5) is 12.6. The van der Waals surface area contributed by atoms with Gasteiger partial charge in [0.05, 0.1) is 12.2 Å². The molecule has 0 saturated carbocycles. The third-order valence-electron chi connectivity index (χ3n) is 4.86. The Hall–Kier alpha value is -2.84. The molecule has 29 heavy (non-hydrogen) atoms. The van der Waals surface area contributed by atoms with Gasteiger partial charge in [-0.3, -0.25) is 4.79 Å². The number of carbonyl (C=O) groups excluding carboxylic acids is 1. The van der Waals surface area contributed by atoms with Gasteiger partial charge in [-0.25, -0.2) is 13.5 Å². The monoisotopic (exact) mass is 419 g/mol. The van der Waals surface area contributed by atoms with Crippen LogP contribution < -0.4 is 10.6 Å². The minimum atomic E-state index is -0.921. The maximum absolute atomic E-state index is 13.4. The molecule has 0 fully saturated rings. The molecule has 0 spiro atoms. The molecule has 1 aliphatic heterocycles. The molecule has 0 saturated heterocycles. The number of carbonyl (C=O) groups is 1. The van der Waals surface area contributed by atoms with Crippen molar-refractivity contribution in [1.29, 1.82) is 0 Å². The van der Waals surface area contributed by atoms with Crippen molar-refractivity contribution < 1.29 is 13.6 Å². The van der Waals surface area contributed by atoms with Gasteiger partial charge in [-0.1, -0.05) is 17.3 Å². The van der Waals surface area contributed by atoms with Crippen molar-refractivity contribution in [3.05, 3.63) is 76.1 Å². The Balaban J connectivity index is 0.00000240. The number of amides is 1. The highest BCUT2D eigenvalue weighted by atomic mass is 35.5. The number of aromatic nitrogens is 3. The third kappa shape index (κ3) is 4.44. The van der Waals surface area contributed by atoms with Gasteiger partial charge in [0.15, 0.2) is 17.3 Å². The van der Waals surface area contributed by atoms with Crippen LogP contribution in [0, 0.1) is 18.6 Å². The molecular formula is C20H20ClF2N5O. The first-order chi connectivity index (χ1) is 13.5. The average molecular weight is 420 g/mol. The molecule has 1 aliphatic rings. The fourth-order valence-corrected chi connectivity index (χ4v) is 3.28. The summed E-state index contributed by atoms with van der Waals surface area (Å²) in [6, 6.07) is 9.50. The molecule has 1 amide bonds. The predicted molar refractivity (Wildman–Crippen MR) is 107 cm³/mol. The fourth-order valence-electron chi connectivity index (χ4n) is 3.28. The van der Waals surface area contributed by atoms with Gasteiger partial charge in [-0.2, -0.15) is 0 Å². The van der Waals surface area contributed by atoms with Gasteiger partial charge in [-0.05, 0) is 60.8 Å². The molecule has 6 nitrogen and oxygen atoms in total. The summed E-state index contributed by atoms with van der Waals surface area (Å²) in [6.07, 6.45) is 0.919. The molecule has 1 aromatic heterocycles. The summed E-state index contributed by atoms with van der Waals surface area (Å²) in [5.41, 5.74) is 4.43. The molecule has 0 aliphatic carbocycles. The SMILES string of the molecule is Cc1c(C(=O)Nc2ccc3c(c2)CCNC3)nnn1Cc1ccc(F)c(F)c1.Cl. The number of anilines is 1. The number of rotatable bonds is 4. The zero-order chi connectivity index (χ0) is 19.7. The molecule has 0 unspecified atom stereocenters. The van der Waals surface area contributed by atoms with Crippen LogP contribution in [0.4, 0.5) is 14.5 Å². The van der Waals surface area contributed by atoms with Crippen molar-refractivity contribution in [3.63, 3.8) is 0 Å². The number of hydrogen-bond donors (Lipinski definition) is 2. The van der Waals surface area contributed by atoms with Crippen LogP contribution >= 0.6 is 12.4 Å². The number of halogens is 3. The van der Waals surface area contributed by atoms with E-state index >= 15 is 0 Å². The van der Waals surface area contributed by atoms with E-state index in [0.717, 1.165) is 31.6 Å². The molecule has 0 atom stereocenters. The predicted octanol–water partition coefficient (Wildman–Crippen LogP) is 3.23. The van der Waals surface area contributed by atoms with Gasteiger partial charge < -0.3 is 10.6 Å². The van der Waals surface area contributed by atoms with Crippen LogP contribution in [-0.2, 0) is 19.5 Å². The second-order valence-corrected chi connectivity index (χ2v) is 6.79. The van der Waals surface area contributed by atoms with Crippen molar-refractivity contribution in [2.75, 3.05) is 11.9 Å². The molecule has 2 heterocycles. The summed E-state index contributed by atoms with van der Waals surface area (Å²) in [6.45, 7) is 3.66. The van der Waals surface area contributed by atoms with E-state index in [-0.39, 0.29) is 30.6 Å².